The average molecular weight is 451 g/mol. The molecule has 10 heteroatoms. The Bertz CT molecular complexity index is 443. The highest BCUT2D eigenvalue weighted by molar-refractivity contribution is 5.13. The Labute approximate surface area is 185 Å². The van der Waals surface area contributed by atoms with E-state index in [9.17, 15) is 0 Å². The van der Waals surface area contributed by atoms with Crippen LogP contribution in [0.25, 0.3) is 0 Å². The van der Waals surface area contributed by atoms with E-state index in [1.54, 1.807) is 14.2 Å². The minimum Gasteiger partial charge on any atom is -0.388 e. The highest BCUT2D eigenvalue weighted by Crippen LogP contribution is 2.05. The first-order valence-corrected chi connectivity index (χ1v) is 9.78. The van der Waals surface area contributed by atoms with Gasteiger partial charge in [-0.25, -0.2) is 0 Å². The maximum Gasteiger partial charge on any atom is 0.146 e. The zero-order valence-electron chi connectivity index (χ0n) is 19.0. The molecule has 0 aliphatic carbocycles. The molecular formula is C21H38O10. The van der Waals surface area contributed by atoms with Crippen LogP contribution in [0.3, 0.4) is 0 Å². The fourth-order valence-corrected chi connectivity index (χ4v) is 2.04. The fourth-order valence-electron chi connectivity index (χ4n) is 2.04. The van der Waals surface area contributed by atoms with Crippen molar-refractivity contribution in [2.24, 2.45) is 0 Å². The Morgan fingerprint density at radius 3 is 1.48 bits per heavy atom. The quantitative estimate of drug-likeness (QED) is 0.246. The highest BCUT2D eigenvalue weighted by atomic mass is 16.7. The molecule has 10 nitrogen and oxygen atoms in total. The van der Waals surface area contributed by atoms with Gasteiger partial charge >= 0.3 is 0 Å². The highest BCUT2D eigenvalue weighted by Gasteiger charge is 2.10. The summed E-state index contributed by atoms with van der Waals surface area (Å²) < 4.78 is 45.0. The fraction of sp³-hybridized carbons (Fsp3) is 0.714. The van der Waals surface area contributed by atoms with Crippen LogP contribution in [0, 0.1) is 0 Å². The van der Waals surface area contributed by atoms with E-state index >= 15 is 0 Å². The first kappa shape index (κ1) is 29.8. The normalized spacial score (nSPS) is 11.1. The predicted octanol–water partition coefficient (Wildman–Crippen LogP) is 1.40. The average Bonchev–Trinajstić information content (AvgIpc) is 2.79. The van der Waals surface area contributed by atoms with Gasteiger partial charge < -0.3 is 47.7 Å². The minimum atomic E-state index is -0.629. The minimum absolute atomic E-state index is 0.148. The summed E-state index contributed by atoms with van der Waals surface area (Å²) in [5.74, 6) is 0. The van der Waals surface area contributed by atoms with Crippen LogP contribution in [0.1, 0.15) is 5.56 Å². The second kappa shape index (κ2) is 23.5. The van der Waals surface area contributed by atoms with Crippen molar-refractivity contribution in [1.82, 2.24) is 0 Å². The Balaban J connectivity index is 0.000000649. The second-order valence-corrected chi connectivity index (χ2v) is 6.18. The first-order valence-electron chi connectivity index (χ1n) is 9.78. The largest absolute Gasteiger partial charge is 0.388 e. The molecule has 1 aromatic rings. The van der Waals surface area contributed by atoms with Crippen molar-refractivity contribution in [2.45, 2.75) is 18.8 Å². The summed E-state index contributed by atoms with van der Waals surface area (Å²) in [4.78, 5) is 0. The SMILES string of the molecule is COCOCC(COCOC)OCc1ccccc1.COCOCC(O)COCOC. The molecule has 1 rings (SSSR count). The number of ether oxygens (including phenoxy) is 9. The molecule has 31 heavy (non-hydrogen) atoms. The van der Waals surface area contributed by atoms with E-state index in [1.807, 2.05) is 30.3 Å². The lowest BCUT2D eigenvalue weighted by Crippen LogP contribution is -2.26. The number of methoxy groups -OCH3 is 4. The van der Waals surface area contributed by atoms with Gasteiger partial charge in [0.25, 0.3) is 0 Å². The van der Waals surface area contributed by atoms with E-state index in [0.29, 0.717) is 19.8 Å². The third-order valence-corrected chi connectivity index (χ3v) is 3.36. The van der Waals surface area contributed by atoms with Gasteiger partial charge in [0.2, 0.25) is 0 Å². The summed E-state index contributed by atoms with van der Waals surface area (Å²) in [5.41, 5.74) is 1.12. The molecule has 0 bridgehead atoms. The third kappa shape index (κ3) is 20.5. The molecular weight excluding hydrogens is 412 g/mol. The van der Waals surface area contributed by atoms with Gasteiger partial charge in [-0.05, 0) is 5.56 Å². The maximum atomic E-state index is 9.14. The summed E-state index contributed by atoms with van der Waals surface area (Å²) in [6.07, 6.45) is -0.777. The molecule has 1 aromatic carbocycles. The van der Waals surface area contributed by atoms with Gasteiger partial charge in [-0.1, -0.05) is 30.3 Å². The molecule has 0 fully saturated rings. The molecule has 0 saturated heterocycles. The maximum absolute atomic E-state index is 9.14. The number of hydrogen-bond donors (Lipinski definition) is 1. The van der Waals surface area contributed by atoms with Crippen molar-refractivity contribution in [3.8, 4) is 0 Å². The zero-order valence-corrected chi connectivity index (χ0v) is 19.0. The first-order chi connectivity index (χ1) is 15.2. The molecule has 0 spiro atoms. The number of aliphatic hydroxyl groups is 1. The Kier molecular flexibility index (Phi) is 22.6. The van der Waals surface area contributed by atoms with E-state index in [-0.39, 0.29) is 46.5 Å². The molecule has 0 aliphatic heterocycles. The number of aliphatic hydroxyl groups excluding tert-OH is 1. The molecule has 0 radical (unpaired) electrons. The molecule has 0 atom stereocenters. The van der Waals surface area contributed by atoms with Crippen LogP contribution >= 0.6 is 0 Å². The summed E-state index contributed by atoms with van der Waals surface area (Å²) in [5, 5.41) is 9.14. The van der Waals surface area contributed by atoms with Crippen LogP contribution in [0.2, 0.25) is 0 Å². The van der Waals surface area contributed by atoms with Crippen molar-refractivity contribution in [1.29, 1.82) is 0 Å². The lowest BCUT2D eigenvalue weighted by molar-refractivity contribution is -0.123. The van der Waals surface area contributed by atoms with E-state index < -0.39 is 6.10 Å². The van der Waals surface area contributed by atoms with Gasteiger partial charge in [-0.2, -0.15) is 0 Å². The second-order valence-electron chi connectivity index (χ2n) is 6.18. The summed E-state index contributed by atoms with van der Waals surface area (Å²) in [7, 11) is 6.21. The van der Waals surface area contributed by atoms with E-state index in [2.05, 4.69) is 9.47 Å². The molecule has 0 aliphatic rings. The van der Waals surface area contributed by atoms with Crippen LogP contribution < -0.4 is 0 Å². The Morgan fingerprint density at radius 2 is 1.06 bits per heavy atom. The molecule has 0 amide bonds. The summed E-state index contributed by atoms with van der Waals surface area (Å²) >= 11 is 0. The lowest BCUT2D eigenvalue weighted by atomic mass is 10.2. The van der Waals surface area contributed by atoms with Crippen molar-refractivity contribution in [3.05, 3.63) is 35.9 Å². The molecule has 0 unspecified atom stereocenters. The zero-order chi connectivity index (χ0) is 23.0. The van der Waals surface area contributed by atoms with Crippen molar-refractivity contribution >= 4 is 0 Å². The summed E-state index contributed by atoms with van der Waals surface area (Å²) in [6.45, 7) is 2.63. The molecule has 182 valence electrons. The number of benzene rings is 1. The van der Waals surface area contributed by atoms with Crippen LogP contribution in [-0.4, -0.2) is 99.4 Å². The standard InChI is InChI=1S/C14H22O5.C7H16O5/c1-15-11-17-9-14(10-18-12-16-2)19-8-13-6-4-3-5-7-13;1-9-5-11-3-7(8)4-12-6-10-2/h3-7,14H,8-12H2,1-2H3;7-8H,3-6H2,1-2H3. The number of hydrogen-bond acceptors (Lipinski definition) is 10. The van der Waals surface area contributed by atoms with Gasteiger partial charge in [0, 0.05) is 28.4 Å². The summed E-state index contributed by atoms with van der Waals surface area (Å²) in [6, 6.07) is 9.98. The molecule has 0 saturated carbocycles. The van der Waals surface area contributed by atoms with Crippen molar-refractivity contribution < 1.29 is 47.7 Å². The van der Waals surface area contributed by atoms with Gasteiger partial charge in [0.05, 0.1) is 33.0 Å². The monoisotopic (exact) mass is 450 g/mol. The van der Waals surface area contributed by atoms with Crippen molar-refractivity contribution in [3.63, 3.8) is 0 Å². The predicted molar refractivity (Wildman–Crippen MR) is 112 cm³/mol. The van der Waals surface area contributed by atoms with Gasteiger partial charge in [-0.15, -0.1) is 0 Å². The Morgan fingerprint density at radius 1 is 0.645 bits per heavy atom. The Hall–Kier alpha value is -1.18. The van der Waals surface area contributed by atoms with Crippen LogP contribution in [0.4, 0.5) is 0 Å². The van der Waals surface area contributed by atoms with Gasteiger partial charge in [0.1, 0.15) is 39.4 Å². The van der Waals surface area contributed by atoms with Crippen LogP contribution in [-0.2, 0) is 49.2 Å². The number of rotatable bonds is 19. The van der Waals surface area contributed by atoms with Gasteiger partial charge in [0.15, 0.2) is 0 Å². The van der Waals surface area contributed by atoms with E-state index in [4.69, 9.17) is 38.3 Å². The smallest absolute Gasteiger partial charge is 0.146 e. The molecule has 1 N–H and O–H groups in total. The lowest BCUT2D eigenvalue weighted by Gasteiger charge is -2.18. The molecule has 0 aromatic heterocycles. The van der Waals surface area contributed by atoms with Crippen LogP contribution in [0.5, 0.6) is 0 Å². The van der Waals surface area contributed by atoms with E-state index in [0.717, 1.165) is 5.56 Å². The van der Waals surface area contributed by atoms with E-state index in [1.165, 1.54) is 14.2 Å². The van der Waals surface area contributed by atoms with Gasteiger partial charge in [-0.3, -0.25) is 0 Å². The van der Waals surface area contributed by atoms with Crippen molar-refractivity contribution in [2.75, 3.05) is 82.0 Å². The van der Waals surface area contributed by atoms with Crippen LogP contribution in [0.15, 0.2) is 30.3 Å². The molecule has 0 heterocycles. The third-order valence-electron chi connectivity index (χ3n) is 3.36. The topological polar surface area (TPSA) is 103 Å².